The first-order valence-electron chi connectivity index (χ1n) is 8.13. The minimum absolute atomic E-state index is 0. The van der Waals surface area contributed by atoms with Crippen LogP contribution in [-0.4, -0.2) is 33.0 Å². The topological polar surface area (TPSA) is 101 Å². The molecule has 2 atom stereocenters. The van der Waals surface area contributed by atoms with Crippen LogP contribution in [0.2, 0.25) is 0 Å². The number of sulfonamides is 1. The number of nitrogens with two attached hydrogens (primary N) is 1. The zero-order valence-electron chi connectivity index (χ0n) is 13.4. The first-order valence-corrected chi connectivity index (χ1v) is 9.61. The van der Waals surface area contributed by atoms with Gasteiger partial charge in [-0.3, -0.25) is 4.79 Å². The van der Waals surface area contributed by atoms with Crippen LogP contribution in [0.1, 0.15) is 42.5 Å². The number of hydrogen-bond acceptors (Lipinski definition) is 4. The third kappa shape index (κ3) is 4.47. The van der Waals surface area contributed by atoms with Crippen molar-refractivity contribution in [2.75, 3.05) is 6.54 Å². The van der Waals surface area contributed by atoms with Crippen LogP contribution in [0.3, 0.4) is 0 Å². The number of hydrogen-bond donors (Lipinski definition) is 3. The number of amides is 1. The molecule has 0 aromatic heterocycles. The van der Waals surface area contributed by atoms with Crippen LogP contribution in [0.5, 0.6) is 0 Å². The van der Waals surface area contributed by atoms with E-state index >= 15 is 0 Å². The van der Waals surface area contributed by atoms with Gasteiger partial charge in [-0.25, -0.2) is 13.1 Å². The van der Waals surface area contributed by atoms with E-state index in [9.17, 15) is 13.2 Å². The Balaban J connectivity index is 0.00000208. The van der Waals surface area contributed by atoms with Crippen LogP contribution in [0.4, 0.5) is 0 Å². The third-order valence-corrected chi connectivity index (χ3v) is 6.10. The maximum atomic E-state index is 12.4. The largest absolute Gasteiger partial charge is 0.349 e. The molecule has 134 valence electrons. The Labute approximate surface area is 149 Å². The fourth-order valence-electron chi connectivity index (χ4n) is 3.05. The highest BCUT2D eigenvalue weighted by molar-refractivity contribution is 7.89. The maximum absolute atomic E-state index is 12.4. The van der Waals surface area contributed by atoms with Crippen molar-refractivity contribution in [3.8, 4) is 0 Å². The number of rotatable bonds is 6. The molecule has 0 heterocycles. The lowest BCUT2D eigenvalue weighted by Crippen LogP contribution is -2.39. The predicted molar refractivity (Wildman–Crippen MR) is 94.7 cm³/mol. The molecule has 4 N–H and O–H groups in total. The Kier molecular flexibility index (Phi) is 6.25. The van der Waals surface area contributed by atoms with E-state index < -0.39 is 10.0 Å². The highest BCUT2D eigenvalue weighted by Gasteiger charge is 2.29. The smallest absolute Gasteiger partial charge is 0.251 e. The Bertz CT molecular complexity index is 692. The van der Waals surface area contributed by atoms with Crippen molar-refractivity contribution in [1.82, 2.24) is 10.0 Å². The molecule has 6 nitrogen and oxygen atoms in total. The van der Waals surface area contributed by atoms with Gasteiger partial charge in [0.2, 0.25) is 10.0 Å². The Morgan fingerprint density at radius 3 is 2.62 bits per heavy atom. The molecular weight excluding hydrogens is 350 g/mol. The van der Waals surface area contributed by atoms with E-state index in [1.165, 1.54) is 12.1 Å². The van der Waals surface area contributed by atoms with Gasteiger partial charge < -0.3 is 11.1 Å². The van der Waals surface area contributed by atoms with Gasteiger partial charge in [0.15, 0.2) is 0 Å². The molecule has 0 saturated heterocycles. The van der Waals surface area contributed by atoms with Gasteiger partial charge in [0, 0.05) is 17.6 Å². The fraction of sp³-hybridized carbons (Fsp3) is 0.562. The van der Waals surface area contributed by atoms with Gasteiger partial charge in [0.1, 0.15) is 0 Å². The van der Waals surface area contributed by atoms with Crippen LogP contribution in [-0.2, 0) is 10.0 Å². The van der Waals surface area contributed by atoms with Crippen molar-refractivity contribution in [2.24, 2.45) is 11.7 Å². The molecular formula is C16H24ClN3O3S. The summed E-state index contributed by atoms with van der Waals surface area (Å²) in [7, 11) is -3.55. The number of carbonyl (C=O) groups excluding carboxylic acids is 1. The van der Waals surface area contributed by atoms with E-state index in [1.807, 2.05) is 0 Å². The quantitative estimate of drug-likeness (QED) is 0.701. The van der Waals surface area contributed by atoms with Gasteiger partial charge in [-0.05, 0) is 56.3 Å². The normalized spacial score (nSPS) is 23.5. The minimum Gasteiger partial charge on any atom is -0.349 e. The first-order chi connectivity index (χ1) is 11.0. The summed E-state index contributed by atoms with van der Waals surface area (Å²) in [6.45, 7) is 0.560. The van der Waals surface area contributed by atoms with Gasteiger partial charge in [-0.15, -0.1) is 12.4 Å². The highest BCUT2D eigenvalue weighted by Crippen LogP contribution is 2.25. The second-order valence-electron chi connectivity index (χ2n) is 6.43. The molecule has 1 amide bonds. The summed E-state index contributed by atoms with van der Waals surface area (Å²) in [6.07, 6.45) is 4.77. The predicted octanol–water partition coefficient (Wildman–Crippen LogP) is 1.41. The van der Waals surface area contributed by atoms with E-state index in [4.69, 9.17) is 5.73 Å². The lowest BCUT2D eigenvalue weighted by Gasteiger charge is -2.19. The van der Waals surface area contributed by atoms with E-state index in [-0.39, 0.29) is 35.3 Å². The van der Waals surface area contributed by atoms with Crippen molar-refractivity contribution in [1.29, 1.82) is 0 Å². The van der Waals surface area contributed by atoms with Crippen LogP contribution < -0.4 is 15.8 Å². The average Bonchev–Trinajstić information content (AvgIpc) is 3.22. The summed E-state index contributed by atoms with van der Waals surface area (Å²) in [5.74, 6) is 0.0706. The summed E-state index contributed by atoms with van der Waals surface area (Å²) < 4.78 is 27.1. The maximum Gasteiger partial charge on any atom is 0.251 e. The van der Waals surface area contributed by atoms with Gasteiger partial charge >= 0.3 is 0 Å². The molecule has 2 aliphatic carbocycles. The van der Waals surface area contributed by atoms with E-state index in [2.05, 4.69) is 10.0 Å². The van der Waals surface area contributed by atoms with Gasteiger partial charge in [-0.2, -0.15) is 0 Å². The second kappa shape index (κ2) is 7.82. The van der Waals surface area contributed by atoms with Crippen molar-refractivity contribution < 1.29 is 13.2 Å². The van der Waals surface area contributed by atoms with E-state index in [0.29, 0.717) is 18.0 Å². The summed E-state index contributed by atoms with van der Waals surface area (Å²) >= 11 is 0. The third-order valence-electron chi connectivity index (χ3n) is 4.58. The monoisotopic (exact) mass is 373 g/mol. The van der Waals surface area contributed by atoms with Gasteiger partial charge in [-0.1, -0.05) is 12.5 Å². The van der Waals surface area contributed by atoms with Crippen LogP contribution >= 0.6 is 12.4 Å². The van der Waals surface area contributed by atoms with Crippen LogP contribution in [0.15, 0.2) is 29.2 Å². The second-order valence-corrected chi connectivity index (χ2v) is 8.14. The van der Waals surface area contributed by atoms with Crippen LogP contribution in [0, 0.1) is 5.92 Å². The summed E-state index contributed by atoms with van der Waals surface area (Å²) in [4.78, 5) is 12.5. The number of nitrogens with one attached hydrogen (secondary N) is 2. The molecule has 1 aromatic rings. The van der Waals surface area contributed by atoms with Crippen LogP contribution in [0.25, 0.3) is 0 Å². The molecule has 0 spiro atoms. The van der Waals surface area contributed by atoms with Gasteiger partial charge in [0.05, 0.1) is 4.90 Å². The van der Waals surface area contributed by atoms with Crippen molar-refractivity contribution in [3.05, 3.63) is 29.8 Å². The molecule has 8 heteroatoms. The molecule has 0 radical (unpaired) electrons. The number of benzene rings is 1. The molecule has 0 bridgehead atoms. The lowest BCUT2D eigenvalue weighted by atomic mass is 10.0. The van der Waals surface area contributed by atoms with E-state index in [1.54, 1.807) is 12.1 Å². The molecule has 2 unspecified atom stereocenters. The lowest BCUT2D eigenvalue weighted by molar-refractivity contribution is 0.0928. The van der Waals surface area contributed by atoms with Crippen molar-refractivity contribution >= 4 is 28.3 Å². The average molecular weight is 374 g/mol. The highest BCUT2D eigenvalue weighted by atomic mass is 35.5. The Hall–Kier alpha value is -1.15. The molecule has 2 aliphatic rings. The number of carbonyl (C=O) groups is 1. The summed E-state index contributed by atoms with van der Waals surface area (Å²) in [5.41, 5.74) is 6.10. The van der Waals surface area contributed by atoms with Gasteiger partial charge in [0.25, 0.3) is 5.91 Å². The number of halogens is 1. The SMILES string of the molecule is Cl.NCC1CCCC1NC(=O)c1cccc(S(=O)(=O)NC2CC2)c1. The zero-order valence-corrected chi connectivity index (χ0v) is 15.0. The summed E-state index contributed by atoms with van der Waals surface area (Å²) in [6, 6.07) is 6.31. The Morgan fingerprint density at radius 2 is 1.96 bits per heavy atom. The van der Waals surface area contributed by atoms with Crippen molar-refractivity contribution in [3.63, 3.8) is 0 Å². The minimum atomic E-state index is -3.55. The molecule has 24 heavy (non-hydrogen) atoms. The molecule has 1 aromatic carbocycles. The Morgan fingerprint density at radius 1 is 1.21 bits per heavy atom. The summed E-state index contributed by atoms with van der Waals surface area (Å²) in [5, 5.41) is 2.99. The molecule has 2 saturated carbocycles. The van der Waals surface area contributed by atoms with E-state index in [0.717, 1.165) is 32.1 Å². The first kappa shape index (κ1) is 19.2. The van der Waals surface area contributed by atoms with Crippen molar-refractivity contribution in [2.45, 2.75) is 49.1 Å². The fourth-order valence-corrected chi connectivity index (χ4v) is 4.40. The standard InChI is InChI=1S/C16H23N3O3S.ClH/c17-10-12-4-2-6-15(12)18-16(20)11-3-1-5-14(9-11)23(21,22)19-13-7-8-13;/h1,3,5,9,12-13,15,19H,2,4,6-8,10,17H2,(H,18,20);1H. The molecule has 3 rings (SSSR count). The molecule has 0 aliphatic heterocycles. The molecule has 2 fully saturated rings. The zero-order chi connectivity index (χ0) is 16.4.